The molecule has 1 aromatic carbocycles. The molecule has 0 saturated carbocycles. The monoisotopic (exact) mass is 253 g/mol. The van der Waals surface area contributed by atoms with Crippen LogP contribution in [0.15, 0.2) is 34.7 Å². The third-order valence-corrected chi connectivity index (χ3v) is 2.92. The van der Waals surface area contributed by atoms with Gasteiger partial charge >= 0.3 is 0 Å². The molecule has 0 amide bonds. The first-order valence-electron chi connectivity index (χ1n) is 5.34. The Labute approximate surface area is 104 Å². The number of furan rings is 1. The first-order chi connectivity index (χ1) is 8.11. The minimum Gasteiger partial charge on any atom is -0.459 e. The molecule has 0 fully saturated rings. The fraction of sp³-hybridized carbons (Fsp3) is 0.231. The van der Waals surface area contributed by atoms with E-state index < -0.39 is 0 Å². The molecule has 0 spiro atoms. The second-order valence-corrected chi connectivity index (χ2v) is 4.27. The average molecular weight is 254 g/mol. The summed E-state index contributed by atoms with van der Waals surface area (Å²) < 4.78 is 19.3. The predicted octanol–water partition coefficient (Wildman–Crippen LogP) is 4.02. The fourth-order valence-corrected chi connectivity index (χ4v) is 1.72. The third kappa shape index (κ3) is 2.51. The van der Waals surface area contributed by atoms with Crippen LogP contribution in [0, 0.1) is 5.82 Å². The van der Waals surface area contributed by atoms with Crippen molar-refractivity contribution in [1.82, 2.24) is 5.32 Å². The molecule has 2 nitrogen and oxygen atoms in total. The first-order valence-corrected chi connectivity index (χ1v) is 5.72. The molecule has 1 aromatic heterocycles. The summed E-state index contributed by atoms with van der Waals surface area (Å²) in [6.45, 7) is 1.97. The third-order valence-electron chi connectivity index (χ3n) is 2.68. The van der Waals surface area contributed by atoms with Crippen molar-refractivity contribution in [2.24, 2.45) is 0 Å². The molecular weight excluding hydrogens is 241 g/mol. The van der Waals surface area contributed by atoms with Gasteiger partial charge in [-0.2, -0.15) is 0 Å². The second kappa shape index (κ2) is 4.90. The smallest absolute Gasteiger partial charge is 0.137 e. The van der Waals surface area contributed by atoms with Gasteiger partial charge in [0.2, 0.25) is 0 Å². The van der Waals surface area contributed by atoms with Crippen LogP contribution in [0.2, 0.25) is 5.02 Å². The summed E-state index contributed by atoms with van der Waals surface area (Å²) >= 11 is 5.70. The van der Waals surface area contributed by atoms with Gasteiger partial charge in [0.1, 0.15) is 17.3 Å². The molecular formula is C13H13ClFNO. The van der Waals surface area contributed by atoms with E-state index in [1.54, 1.807) is 18.2 Å². The van der Waals surface area contributed by atoms with Crippen molar-refractivity contribution >= 4 is 11.6 Å². The molecule has 0 aliphatic carbocycles. The van der Waals surface area contributed by atoms with Crippen LogP contribution >= 0.6 is 11.6 Å². The van der Waals surface area contributed by atoms with Crippen LogP contribution in [-0.4, -0.2) is 7.05 Å². The summed E-state index contributed by atoms with van der Waals surface area (Å²) in [6, 6.07) is 8.23. The second-order valence-electron chi connectivity index (χ2n) is 3.84. The van der Waals surface area contributed by atoms with Crippen molar-refractivity contribution in [1.29, 1.82) is 0 Å². The lowest BCUT2D eigenvalue weighted by Gasteiger charge is -2.06. The van der Waals surface area contributed by atoms with Crippen molar-refractivity contribution in [2.45, 2.75) is 13.0 Å². The Morgan fingerprint density at radius 1 is 1.29 bits per heavy atom. The summed E-state index contributed by atoms with van der Waals surface area (Å²) in [4.78, 5) is 0. The highest BCUT2D eigenvalue weighted by molar-refractivity contribution is 6.30. The van der Waals surface area contributed by atoms with Gasteiger partial charge in [0.25, 0.3) is 0 Å². The van der Waals surface area contributed by atoms with Gasteiger partial charge in [0.15, 0.2) is 0 Å². The molecule has 17 heavy (non-hydrogen) atoms. The van der Waals surface area contributed by atoms with Gasteiger partial charge in [-0.25, -0.2) is 4.39 Å². The van der Waals surface area contributed by atoms with E-state index in [1.165, 1.54) is 6.07 Å². The maximum Gasteiger partial charge on any atom is 0.137 e. The normalized spacial score (nSPS) is 12.7. The van der Waals surface area contributed by atoms with Crippen LogP contribution in [0.25, 0.3) is 11.3 Å². The molecule has 1 atom stereocenters. The van der Waals surface area contributed by atoms with Crippen molar-refractivity contribution in [3.63, 3.8) is 0 Å². The van der Waals surface area contributed by atoms with Crippen LogP contribution in [0.3, 0.4) is 0 Å². The van der Waals surface area contributed by atoms with Gasteiger partial charge in [-0.3, -0.25) is 0 Å². The molecule has 90 valence electrons. The maximum absolute atomic E-state index is 13.7. The Morgan fingerprint density at radius 2 is 2.06 bits per heavy atom. The fourth-order valence-electron chi connectivity index (χ4n) is 1.56. The lowest BCUT2D eigenvalue weighted by Crippen LogP contribution is -2.11. The van der Waals surface area contributed by atoms with Gasteiger partial charge in [-0.1, -0.05) is 11.6 Å². The number of benzene rings is 1. The van der Waals surface area contributed by atoms with Gasteiger partial charge in [-0.05, 0) is 44.3 Å². The van der Waals surface area contributed by atoms with Crippen molar-refractivity contribution in [2.75, 3.05) is 7.05 Å². The number of hydrogen-bond acceptors (Lipinski definition) is 2. The highest BCUT2D eigenvalue weighted by Gasteiger charge is 2.12. The SMILES string of the molecule is CNC(C)c1ccc(-c2ccc(Cl)cc2F)o1. The Hall–Kier alpha value is -1.32. The molecule has 2 rings (SSSR count). The van der Waals surface area contributed by atoms with Crippen LogP contribution in [0.5, 0.6) is 0 Å². The Balaban J connectivity index is 2.37. The number of halogens is 2. The summed E-state index contributed by atoms with van der Waals surface area (Å²) in [5, 5.41) is 3.44. The van der Waals surface area contributed by atoms with Crippen LogP contribution in [0.1, 0.15) is 18.7 Å². The number of nitrogens with one attached hydrogen (secondary N) is 1. The summed E-state index contributed by atoms with van der Waals surface area (Å²) in [5.41, 5.74) is 0.420. The maximum atomic E-state index is 13.7. The van der Waals surface area contributed by atoms with Crippen LogP contribution < -0.4 is 5.32 Å². The average Bonchev–Trinajstić information content (AvgIpc) is 2.77. The zero-order chi connectivity index (χ0) is 12.4. The first kappa shape index (κ1) is 12.1. The van der Waals surface area contributed by atoms with Gasteiger partial charge < -0.3 is 9.73 Å². The van der Waals surface area contributed by atoms with Crippen LogP contribution in [-0.2, 0) is 0 Å². The van der Waals surface area contributed by atoms with Gasteiger partial charge in [-0.15, -0.1) is 0 Å². The molecule has 0 radical (unpaired) electrons. The number of rotatable bonds is 3. The minimum absolute atomic E-state index is 0.0964. The Bertz CT molecular complexity index is 524. The van der Waals surface area contributed by atoms with Crippen molar-refractivity contribution < 1.29 is 8.81 Å². The van der Waals surface area contributed by atoms with E-state index >= 15 is 0 Å². The zero-order valence-corrected chi connectivity index (χ0v) is 10.4. The van der Waals surface area contributed by atoms with E-state index in [0.29, 0.717) is 16.3 Å². The standard InChI is InChI=1S/C13H13ClFNO/c1-8(16-2)12-5-6-13(17-12)10-4-3-9(14)7-11(10)15/h3-8,16H,1-2H3. The predicted molar refractivity (Wildman–Crippen MR) is 66.6 cm³/mol. The molecule has 0 aliphatic heterocycles. The Morgan fingerprint density at radius 3 is 2.71 bits per heavy atom. The quantitative estimate of drug-likeness (QED) is 0.894. The van der Waals surface area contributed by atoms with E-state index in [9.17, 15) is 4.39 Å². The van der Waals surface area contributed by atoms with Crippen molar-refractivity contribution in [3.05, 3.63) is 46.9 Å². The lowest BCUT2D eigenvalue weighted by molar-refractivity contribution is 0.456. The Kier molecular flexibility index (Phi) is 3.50. The van der Waals surface area contributed by atoms with Crippen molar-refractivity contribution in [3.8, 4) is 11.3 Å². The van der Waals surface area contributed by atoms with E-state index in [2.05, 4.69) is 5.32 Å². The number of hydrogen-bond donors (Lipinski definition) is 1. The molecule has 1 heterocycles. The molecule has 0 aliphatic rings. The largest absolute Gasteiger partial charge is 0.459 e. The lowest BCUT2D eigenvalue weighted by atomic mass is 10.1. The van der Waals surface area contributed by atoms with E-state index in [1.807, 2.05) is 20.0 Å². The van der Waals surface area contributed by atoms with E-state index in [-0.39, 0.29) is 11.9 Å². The summed E-state index contributed by atoms with van der Waals surface area (Å²) in [5.74, 6) is 0.906. The topological polar surface area (TPSA) is 25.2 Å². The molecule has 0 saturated heterocycles. The molecule has 2 aromatic rings. The van der Waals surface area contributed by atoms with Gasteiger partial charge in [0.05, 0.1) is 11.6 Å². The molecule has 1 N–H and O–H groups in total. The molecule has 1 unspecified atom stereocenters. The summed E-state index contributed by atoms with van der Waals surface area (Å²) in [6.07, 6.45) is 0. The summed E-state index contributed by atoms with van der Waals surface area (Å²) in [7, 11) is 1.84. The minimum atomic E-state index is -0.379. The molecule has 0 bridgehead atoms. The van der Waals surface area contributed by atoms with E-state index in [0.717, 1.165) is 5.76 Å². The van der Waals surface area contributed by atoms with E-state index in [4.69, 9.17) is 16.0 Å². The molecule has 4 heteroatoms. The highest BCUT2D eigenvalue weighted by atomic mass is 35.5. The highest BCUT2D eigenvalue weighted by Crippen LogP contribution is 2.28. The van der Waals surface area contributed by atoms with Gasteiger partial charge in [0, 0.05) is 5.02 Å². The zero-order valence-electron chi connectivity index (χ0n) is 9.63. The van der Waals surface area contributed by atoms with Crippen LogP contribution in [0.4, 0.5) is 4.39 Å².